The van der Waals surface area contributed by atoms with E-state index in [1.807, 2.05) is 301 Å². The first-order valence-corrected chi connectivity index (χ1v) is 36.4. The van der Waals surface area contributed by atoms with Crippen molar-refractivity contribution in [2.75, 3.05) is 0 Å². The largest absolute Gasteiger partial charge is 0.239 e. The highest BCUT2D eigenvalue weighted by Crippen LogP contribution is 2.28. The molecule has 0 saturated carbocycles. The first-order valence-electron chi connectivity index (χ1n) is 36.4. The van der Waals surface area contributed by atoms with Gasteiger partial charge in [0, 0.05) is 11.1 Å². The van der Waals surface area contributed by atoms with Gasteiger partial charge in [0.05, 0.1) is 121 Å². The summed E-state index contributed by atoms with van der Waals surface area (Å²) in [6.45, 7) is 93.6. The van der Waals surface area contributed by atoms with Gasteiger partial charge in [-0.2, -0.15) is 47.4 Å². The molecule has 0 saturated heterocycles. The molecule has 15 nitrogen and oxygen atoms in total. The third-order valence-electron chi connectivity index (χ3n) is 12.2. The number of benzene rings is 9. The number of hydrogen-bond acceptors (Lipinski definition) is 9. The monoisotopic (exact) mass is 1470 g/mol. The Morgan fingerprint density at radius 3 is 0.928 bits per heavy atom. The van der Waals surface area contributed by atoms with Gasteiger partial charge < -0.3 is 0 Å². The molecule has 570 valence electrons. The zero-order valence-electron chi connectivity index (χ0n) is 70.5. The SMILES string of the molecule is CC.CC.CC.CC.CC.CC.CC.CC.CC.Cc1cc(C#N)cc(C#N)c1.Cc1ccc(C#N)c(C#N)c1.Cc1ccc(C#N)cc1.Cc1cccc(C#N)c1.[C-]#[N+]c1c(C)cccc1C#N.[C-]#[N+]c1cc(C#N)ccc1C.[C-]#[N+]c1ccc(C#N)cc1C.[C-]#[N+]c1cccc([N+]#[C-])c1C.[C-]#[N+]c1ccccc1C. The average Bonchev–Trinajstić information content (AvgIpc) is 0.892. The van der Waals surface area contributed by atoms with E-state index in [1.54, 1.807) is 110 Å². The van der Waals surface area contributed by atoms with Crippen molar-refractivity contribution < 1.29 is 0 Å². The molecule has 111 heavy (non-hydrogen) atoms. The summed E-state index contributed by atoms with van der Waals surface area (Å²) < 4.78 is 0. The molecule has 0 atom stereocenters. The van der Waals surface area contributed by atoms with Crippen LogP contribution in [0, 0.1) is 204 Å². The summed E-state index contributed by atoms with van der Waals surface area (Å²) in [6.07, 6.45) is 0. The Morgan fingerprint density at radius 2 is 0.550 bits per heavy atom. The van der Waals surface area contributed by atoms with Crippen molar-refractivity contribution in [2.45, 2.75) is 187 Å². The van der Waals surface area contributed by atoms with Crippen molar-refractivity contribution >= 4 is 34.1 Å². The first kappa shape index (κ1) is 115. The van der Waals surface area contributed by atoms with Crippen LogP contribution in [-0.4, -0.2) is 0 Å². The van der Waals surface area contributed by atoms with Crippen LogP contribution < -0.4 is 0 Å². The van der Waals surface area contributed by atoms with E-state index >= 15 is 0 Å². The summed E-state index contributed by atoms with van der Waals surface area (Å²) in [4.78, 5) is 19.7. The third-order valence-corrected chi connectivity index (χ3v) is 12.2. The molecule has 0 aliphatic rings. The van der Waals surface area contributed by atoms with Gasteiger partial charge in [-0.25, -0.2) is 29.1 Å². The Bertz CT molecular complexity index is 4660. The second-order valence-corrected chi connectivity index (χ2v) is 19.2. The fourth-order valence-electron chi connectivity index (χ4n) is 7.19. The van der Waals surface area contributed by atoms with E-state index in [0.717, 1.165) is 61.3 Å². The Labute approximate surface area is 669 Å². The molecular formula is C96H111N15. The smallest absolute Gasteiger partial charge is 0.207 e. The fourth-order valence-corrected chi connectivity index (χ4v) is 7.19. The average molecular weight is 1480 g/mol. The van der Waals surface area contributed by atoms with Gasteiger partial charge in [-0.3, -0.25) is 0 Å². The van der Waals surface area contributed by atoms with E-state index < -0.39 is 0 Å². The van der Waals surface area contributed by atoms with E-state index in [4.69, 9.17) is 86.8 Å². The van der Waals surface area contributed by atoms with Gasteiger partial charge >= 0.3 is 0 Å². The van der Waals surface area contributed by atoms with E-state index in [2.05, 4.69) is 41.2 Å². The predicted molar refractivity (Wildman–Crippen MR) is 463 cm³/mol. The quantitative estimate of drug-likeness (QED) is 0.131. The lowest BCUT2D eigenvalue weighted by Crippen LogP contribution is -1.83. The topological polar surface area (TPSA) is 240 Å². The number of rotatable bonds is 0. The Balaban J connectivity index is -0.000000147. The molecule has 0 N–H and O–H groups in total. The minimum absolute atomic E-state index is 0.443. The zero-order chi connectivity index (χ0) is 87.7. The molecule has 9 rings (SSSR count). The minimum Gasteiger partial charge on any atom is -0.239 e. The lowest BCUT2D eigenvalue weighted by molar-refractivity contribution is 1.38. The van der Waals surface area contributed by atoms with Gasteiger partial charge in [0.1, 0.15) is 12.1 Å². The van der Waals surface area contributed by atoms with Crippen molar-refractivity contribution in [1.82, 2.24) is 0 Å². The molecule has 9 aromatic carbocycles. The summed E-state index contributed by atoms with van der Waals surface area (Å²) in [5, 5.41) is 76.5. The molecule has 0 radical (unpaired) electrons. The first-order chi connectivity index (χ1) is 53.7. The van der Waals surface area contributed by atoms with Crippen LogP contribution >= 0.6 is 0 Å². The molecule has 0 fully saturated rings. The molecule has 0 bridgehead atoms. The van der Waals surface area contributed by atoms with Crippen molar-refractivity contribution in [3.8, 4) is 54.6 Å². The lowest BCUT2D eigenvalue weighted by Gasteiger charge is -1.97. The maximum atomic E-state index is 8.58. The van der Waals surface area contributed by atoms with E-state index in [-0.39, 0.29) is 0 Å². The standard InChI is InChI=1S/6C9H6N2.3C8H7N.9C2H6/c1-7-2-8(5-10)4-9(3-7)6-11;1-7-8(10-2)5-4-6-9(7)11-3;1-7-5-8(6-10)3-4-9(7)11-2;1-7-3-4-8(6-10)5-9(7)11-2;1-7-4-3-5-8(6-10)9(7)11-2;1-7-2-3-8(5-10)9(4-7)6-11;1-7-5-3-4-6-8(7)9-2;1-7-2-4-8(6-9)5-3-7;1-7-3-2-4-8(5-7)6-9;9*1-2/h2-4H,1H3;4-6H,1H3;3*3-5H,1H3;2-4H,1H3;3-6H,1H3;2*2-5H,1H3;9*1-2H3. The molecule has 0 aliphatic heterocycles. The second-order valence-electron chi connectivity index (χ2n) is 19.2. The molecule has 0 heterocycles. The maximum absolute atomic E-state index is 8.58. The zero-order valence-corrected chi connectivity index (χ0v) is 70.5. The van der Waals surface area contributed by atoms with E-state index in [9.17, 15) is 0 Å². The van der Waals surface area contributed by atoms with Crippen molar-refractivity contribution in [2.24, 2.45) is 0 Å². The summed E-state index contributed by atoms with van der Waals surface area (Å²) in [7, 11) is 0. The van der Waals surface area contributed by atoms with Crippen molar-refractivity contribution in [1.29, 1.82) is 47.4 Å². The van der Waals surface area contributed by atoms with Crippen LogP contribution in [0.2, 0.25) is 0 Å². The molecule has 0 unspecified atom stereocenters. The van der Waals surface area contributed by atoms with Gasteiger partial charge in [-0.15, -0.1) is 0 Å². The van der Waals surface area contributed by atoms with Gasteiger partial charge in [-0.05, 0) is 167 Å². The summed E-state index contributed by atoms with van der Waals surface area (Å²) in [5.74, 6) is 0. The minimum atomic E-state index is 0.443. The highest BCUT2D eigenvalue weighted by molar-refractivity contribution is 5.66. The fraction of sp³-hybridized carbons (Fsp3) is 0.281. The predicted octanol–water partition coefficient (Wildman–Crippen LogP) is 29.3. The maximum Gasteiger partial charge on any atom is 0.207 e. The van der Waals surface area contributed by atoms with E-state index in [0.29, 0.717) is 67.4 Å². The second kappa shape index (κ2) is 81.0. The van der Waals surface area contributed by atoms with Crippen LogP contribution in [0.3, 0.4) is 0 Å². The normalized spacial score (nSPS) is 7.46. The van der Waals surface area contributed by atoms with Gasteiger partial charge in [0.15, 0.2) is 28.4 Å². The van der Waals surface area contributed by atoms with Crippen LogP contribution in [0.4, 0.5) is 34.1 Å². The lowest BCUT2D eigenvalue weighted by atomic mass is 10.1. The molecule has 0 spiro atoms. The molecule has 9 aromatic rings. The number of aryl methyl sites for hydroxylation is 8. The number of nitriles is 9. The molecule has 0 aliphatic carbocycles. The third kappa shape index (κ3) is 52.9. The number of para-hydroxylation sites is 2. The highest BCUT2D eigenvalue weighted by Gasteiger charge is 2.04. The number of nitrogens with zero attached hydrogens (tertiary/aromatic N) is 15. The molecule has 0 aromatic heterocycles. The molecule has 0 amide bonds. The van der Waals surface area contributed by atoms with Crippen LogP contribution in [0.1, 0.15) is 225 Å². The summed E-state index contributed by atoms with van der Waals surface area (Å²) in [6, 6.07) is 71.4. The number of hydrogen-bond donors (Lipinski definition) is 0. The summed E-state index contributed by atoms with van der Waals surface area (Å²) in [5.41, 5.74) is 17.3. The van der Waals surface area contributed by atoms with Crippen LogP contribution in [0.15, 0.2) is 182 Å². The van der Waals surface area contributed by atoms with Gasteiger partial charge in [0.25, 0.3) is 0 Å². The van der Waals surface area contributed by atoms with Crippen molar-refractivity contribution in [3.63, 3.8) is 0 Å². The van der Waals surface area contributed by atoms with Gasteiger partial charge in [0.2, 0.25) is 5.69 Å². The van der Waals surface area contributed by atoms with E-state index in [1.165, 1.54) is 5.56 Å². The molecular weight excluding hydrogens is 1360 g/mol. The van der Waals surface area contributed by atoms with Crippen molar-refractivity contribution in [3.05, 3.63) is 351 Å². The Morgan fingerprint density at radius 1 is 0.207 bits per heavy atom. The molecule has 15 heteroatoms. The Kier molecular flexibility index (Phi) is 83.8. The summed E-state index contributed by atoms with van der Waals surface area (Å²) >= 11 is 0. The van der Waals surface area contributed by atoms with Crippen LogP contribution in [-0.2, 0) is 0 Å². The van der Waals surface area contributed by atoms with Gasteiger partial charge in [-0.1, -0.05) is 252 Å². The Hall–Kier alpha value is -14.7. The van der Waals surface area contributed by atoms with Crippen LogP contribution in [0.5, 0.6) is 0 Å². The highest BCUT2D eigenvalue weighted by atomic mass is 14.7. The van der Waals surface area contributed by atoms with Crippen LogP contribution in [0.25, 0.3) is 29.1 Å².